The summed E-state index contributed by atoms with van der Waals surface area (Å²) in [6.45, 7) is 3.92. The van der Waals surface area contributed by atoms with Gasteiger partial charge in [-0.1, -0.05) is 12.1 Å². The predicted molar refractivity (Wildman–Crippen MR) is 92.9 cm³/mol. The maximum absolute atomic E-state index is 12.3. The smallest absolute Gasteiger partial charge is 0.256 e. The van der Waals surface area contributed by atoms with Crippen LogP contribution >= 0.6 is 15.9 Å². The molecule has 0 spiro atoms. The summed E-state index contributed by atoms with van der Waals surface area (Å²) in [5.41, 5.74) is 3.17. The quantitative estimate of drug-likeness (QED) is 0.760. The summed E-state index contributed by atoms with van der Waals surface area (Å²) in [6.07, 6.45) is 1.63. The minimum absolute atomic E-state index is 0.182. The van der Waals surface area contributed by atoms with Gasteiger partial charge in [0.25, 0.3) is 5.91 Å². The second-order valence-corrected chi connectivity index (χ2v) is 6.03. The highest BCUT2D eigenvalue weighted by Gasteiger charge is 2.10. The van der Waals surface area contributed by atoms with Gasteiger partial charge in [-0.05, 0) is 60.1 Å². The van der Waals surface area contributed by atoms with Gasteiger partial charge < -0.3 is 5.32 Å². The molecule has 3 rings (SSSR count). The van der Waals surface area contributed by atoms with E-state index in [0.717, 1.165) is 21.7 Å². The van der Waals surface area contributed by atoms with Crippen molar-refractivity contribution in [3.63, 3.8) is 0 Å². The average molecular weight is 371 g/mol. The molecule has 0 bridgehead atoms. The lowest BCUT2D eigenvalue weighted by Crippen LogP contribution is -2.13. The fourth-order valence-electron chi connectivity index (χ4n) is 2.29. The number of benzene rings is 1. The number of aromatic nitrogens is 3. The Balaban J connectivity index is 1.79. The number of rotatable bonds is 3. The van der Waals surface area contributed by atoms with Crippen molar-refractivity contribution >= 4 is 27.5 Å². The largest absolute Gasteiger partial charge is 0.321 e. The van der Waals surface area contributed by atoms with Gasteiger partial charge in [0.05, 0.1) is 23.1 Å². The molecule has 6 heteroatoms. The van der Waals surface area contributed by atoms with Crippen LogP contribution in [0.1, 0.15) is 21.7 Å². The van der Waals surface area contributed by atoms with Crippen molar-refractivity contribution in [2.24, 2.45) is 0 Å². The number of anilines is 1. The summed E-state index contributed by atoms with van der Waals surface area (Å²) in [5, 5.41) is 7.23. The Hall–Kier alpha value is -2.47. The first kappa shape index (κ1) is 15.4. The fraction of sp³-hybridized carbons (Fsp3) is 0.118. The molecule has 5 nitrogen and oxygen atoms in total. The van der Waals surface area contributed by atoms with Gasteiger partial charge >= 0.3 is 0 Å². The molecule has 116 valence electrons. The normalized spacial score (nSPS) is 10.6. The number of carbonyl (C=O) groups is 1. The average Bonchev–Trinajstić information content (AvgIpc) is 2.87. The number of pyridine rings is 1. The molecule has 0 unspecified atom stereocenters. The van der Waals surface area contributed by atoms with E-state index >= 15 is 0 Å². The highest BCUT2D eigenvalue weighted by molar-refractivity contribution is 9.10. The Labute approximate surface area is 142 Å². The summed E-state index contributed by atoms with van der Waals surface area (Å²) < 4.78 is 2.53. The van der Waals surface area contributed by atoms with Gasteiger partial charge in [-0.25, -0.2) is 9.67 Å². The highest BCUT2D eigenvalue weighted by atomic mass is 79.9. The van der Waals surface area contributed by atoms with Crippen LogP contribution in [0, 0.1) is 13.8 Å². The zero-order valence-electron chi connectivity index (χ0n) is 12.7. The number of aryl methyl sites for hydroxylation is 2. The lowest BCUT2D eigenvalue weighted by Gasteiger charge is -2.08. The molecular weight excluding hydrogens is 356 g/mol. The molecule has 1 N–H and O–H groups in total. The van der Waals surface area contributed by atoms with Crippen molar-refractivity contribution in [2.45, 2.75) is 13.8 Å². The molecule has 0 radical (unpaired) electrons. The summed E-state index contributed by atoms with van der Waals surface area (Å²) in [6, 6.07) is 12.9. The molecule has 0 saturated carbocycles. The maximum atomic E-state index is 12.3. The minimum atomic E-state index is -0.182. The lowest BCUT2D eigenvalue weighted by molar-refractivity contribution is 0.102. The molecular formula is C17H15BrN4O. The molecule has 0 aliphatic carbocycles. The van der Waals surface area contributed by atoms with E-state index in [0.29, 0.717) is 11.3 Å². The molecule has 1 aromatic carbocycles. The van der Waals surface area contributed by atoms with Crippen molar-refractivity contribution in [1.29, 1.82) is 0 Å². The van der Waals surface area contributed by atoms with Crippen LogP contribution in [0.25, 0.3) is 5.82 Å². The molecule has 0 fully saturated rings. The second-order valence-electron chi connectivity index (χ2n) is 5.18. The van der Waals surface area contributed by atoms with Crippen molar-refractivity contribution in [3.05, 3.63) is 70.1 Å². The Morgan fingerprint density at radius 3 is 2.57 bits per heavy atom. The standard InChI is InChI=1S/C17H15BrN4O/c1-11-9-12(2)22(21-11)16-8-7-13(10-19-16)20-17(23)14-5-3-4-6-15(14)18/h3-10H,1-2H3,(H,20,23). The third kappa shape index (κ3) is 3.32. The Morgan fingerprint density at radius 1 is 1.17 bits per heavy atom. The molecule has 0 aliphatic heterocycles. The first-order valence-corrected chi connectivity index (χ1v) is 7.89. The highest BCUT2D eigenvalue weighted by Crippen LogP contribution is 2.18. The van der Waals surface area contributed by atoms with Crippen molar-refractivity contribution in [1.82, 2.24) is 14.8 Å². The molecule has 23 heavy (non-hydrogen) atoms. The van der Waals surface area contributed by atoms with E-state index in [-0.39, 0.29) is 5.91 Å². The van der Waals surface area contributed by atoms with Gasteiger partial charge in [-0.3, -0.25) is 4.79 Å². The molecule has 0 aliphatic rings. The van der Waals surface area contributed by atoms with Crippen LogP contribution < -0.4 is 5.32 Å². The summed E-state index contributed by atoms with van der Waals surface area (Å²) >= 11 is 3.37. The van der Waals surface area contributed by atoms with E-state index in [1.807, 2.05) is 50.2 Å². The molecule has 1 amide bonds. The zero-order valence-corrected chi connectivity index (χ0v) is 14.3. The molecule has 0 saturated heterocycles. The van der Waals surface area contributed by atoms with Crippen LogP contribution in [0.15, 0.2) is 53.1 Å². The fourth-order valence-corrected chi connectivity index (χ4v) is 2.75. The summed E-state index contributed by atoms with van der Waals surface area (Å²) in [4.78, 5) is 16.6. The molecule has 0 atom stereocenters. The summed E-state index contributed by atoms with van der Waals surface area (Å²) in [5.74, 6) is 0.535. The molecule has 2 aromatic heterocycles. The van der Waals surface area contributed by atoms with E-state index < -0.39 is 0 Å². The van der Waals surface area contributed by atoms with Gasteiger partial charge in [0, 0.05) is 10.2 Å². The van der Waals surface area contributed by atoms with Gasteiger partial charge in [-0.2, -0.15) is 5.10 Å². The SMILES string of the molecule is Cc1cc(C)n(-c2ccc(NC(=O)c3ccccc3Br)cn2)n1. The maximum Gasteiger partial charge on any atom is 0.256 e. The number of hydrogen-bond donors (Lipinski definition) is 1. The Kier molecular flexibility index (Phi) is 4.25. The van der Waals surface area contributed by atoms with Gasteiger partial charge in [-0.15, -0.1) is 0 Å². The van der Waals surface area contributed by atoms with Gasteiger partial charge in [0.15, 0.2) is 5.82 Å². The summed E-state index contributed by atoms with van der Waals surface area (Å²) in [7, 11) is 0. The number of nitrogens with zero attached hydrogens (tertiary/aromatic N) is 3. The van der Waals surface area contributed by atoms with Crippen LogP contribution in [-0.4, -0.2) is 20.7 Å². The van der Waals surface area contributed by atoms with Crippen LogP contribution in [0.2, 0.25) is 0 Å². The van der Waals surface area contributed by atoms with Crippen molar-refractivity contribution in [3.8, 4) is 5.82 Å². The third-order valence-corrected chi connectivity index (χ3v) is 4.04. The number of halogens is 1. The number of nitrogens with one attached hydrogen (secondary N) is 1. The van der Waals surface area contributed by atoms with Gasteiger partial charge in [0.1, 0.15) is 0 Å². The predicted octanol–water partition coefficient (Wildman–Crippen LogP) is 3.90. The van der Waals surface area contributed by atoms with E-state index in [9.17, 15) is 4.79 Å². The van der Waals surface area contributed by atoms with Crippen molar-refractivity contribution < 1.29 is 4.79 Å². The van der Waals surface area contributed by atoms with Crippen LogP contribution in [0.4, 0.5) is 5.69 Å². The second kappa shape index (κ2) is 6.34. The van der Waals surface area contributed by atoms with Crippen LogP contribution in [-0.2, 0) is 0 Å². The first-order valence-electron chi connectivity index (χ1n) is 7.10. The minimum Gasteiger partial charge on any atom is -0.321 e. The lowest BCUT2D eigenvalue weighted by atomic mass is 10.2. The van der Waals surface area contributed by atoms with Crippen molar-refractivity contribution in [2.75, 3.05) is 5.32 Å². The van der Waals surface area contributed by atoms with E-state index in [2.05, 4.69) is 31.3 Å². The number of hydrogen-bond acceptors (Lipinski definition) is 3. The Bertz CT molecular complexity index is 855. The third-order valence-electron chi connectivity index (χ3n) is 3.35. The van der Waals surface area contributed by atoms with Crippen LogP contribution in [0.3, 0.4) is 0 Å². The topological polar surface area (TPSA) is 59.8 Å². The van der Waals surface area contributed by atoms with Crippen LogP contribution in [0.5, 0.6) is 0 Å². The van der Waals surface area contributed by atoms with Gasteiger partial charge in [0.2, 0.25) is 0 Å². The zero-order chi connectivity index (χ0) is 16.4. The molecule has 2 heterocycles. The number of amides is 1. The molecule has 3 aromatic rings. The Morgan fingerprint density at radius 2 is 1.96 bits per heavy atom. The van der Waals surface area contributed by atoms with E-state index in [1.165, 1.54) is 0 Å². The van der Waals surface area contributed by atoms with E-state index in [4.69, 9.17) is 0 Å². The monoisotopic (exact) mass is 370 g/mol. The number of carbonyl (C=O) groups excluding carboxylic acids is 1. The first-order chi connectivity index (χ1) is 11.0. The van der Waals surface area contributed by atoms with E-state index in [1.54, 1.807) is 16.9 Å².